The largest absolute Gasteiger partial charge is 0.481 e. The molecular formula is C24H31N5O2. The SMILES string of the molecule is C#CCOc1ccc(CCNC(=O)NCc2ccc(N3CCN(CC)CC3)nc2)cc1. The van der Waals surface area contributed by atoms with Crippen LogP contribution in [0.3, 0.4) is 0 Å². The Kier molecular flexibility index (Phi) is 8.56. The van der Waals surface area contributed by atoms with Crippen LogP contribution in [0, 0.1) is 12.3 Å². The Labute approximate surface area is 184 Å². The predicted octanol–water partition coefficient (Wildman–Crippen LogP) is 2.28. The number of carbonyl (C=O) groups excluding carboxylic acids is 1. The van der Waals surface area contributed by atoms with E-state index in [1.165, 1.54) is 0 Å². The highest BCUT2D eigenvalue weighted by Gasteiger charge is 2.16. The Morgan fingerprint density at radius 3 is 2.48 bits per heavy atom. The van der Waals surface area contributed by atoms with E-state index in [0.717, 1.165) is 61.8 Å². The predicted molar refractivity (Wildman–Crippen MR) is 123 cm³/mol. The number of nitrogens with zero attached hydrogens (tertiary/aromatic N) is 3. The Morgan fingerprint density at radius 2 is 1.84 bits per heavy atom. The molecule has 1 aromatic heterocycles. The molecule has 7 nitrogen and oxygen atoms in total. The Hall–Kier alpha value is -3.24. The number of amides is 2. The number of urea groups is 1. The molecule has 0 bridgehead atoms. The number of carbonyl (C=O) groups is 1. The monoisotopic (exact) mass is 421 g/mol. The van der Waals surface area contributed by atoms with Crippen molar-refractivity contribution < 1.29 is 9.53 Å². The average molecular weight is 422 g/mol. The van der Waals surface area contributed by atoms with Gasteiger partial charge in [-0.3, -0.25) is 0 Å². The number of piperazine rings is 1. The van der Waals surface area contributed by atoms with Crippen molar-refractivity contribution in [2.24, 2.45) is 0 Å². The number of rotatable bonds is 9. The molecule has 7 heteroatoms. The van der Waals surface area contributed by atoms with Crippen molar-refractivity contribution in [1.29, 1.82) is 0 Å². The number of likely N-dealkylation sites (N-methyl/N-ethyl adjacent to an activating group) is 1. The summed E-state index contributed by atoms with van der Waals surface area (Å²) in [6.07, 6.45) is 7.76. The van der Waals surface area contributed by atoms with E-state index in [1.54, 1.807) is 0 Å². The standard InChI is InChI=1S/C24H31N5O2/c1-3-17-31-22-8-5-20(6-9-22)11-12-25-24(30)27-19-21-7-10-23(26-18-21)29-15-13-28(4-2)14-16-29/h1,5-10,18H,4,11-17,19H2,2H3,(H2,25,27,30). The topological polar surface area (TPSA) is 69.7 Å². The van der Waals surface area contributed by atoms with Gasteiger partial charge < -0.3 is 25.2 Å². The van der Waals surface area contributed by atoms with Crippen LogP contribution in [0.2, 0.25) is 0 Å². The molecule has 3 rings (SSSR count). The van der Waals surface area contributed by atoms with Gasteiger partial charge in [0.25, 0.3) is 0 Å². The molecule has 1 aliphatic heterocycles. The third-order valence-corrected chi connectivity index (χ3v) is 5.35. The number of benzene rings is 1. The Morgan fingerprint density at radius 1 is 1.10 bits per heavy atom. The second-order valence-electron chi connectivity index (χ2n) is 7.44. The molecule has 2 N–H and O–H groups in total. The van der Waals surface area contributed by atoms with E-state index < -0.39 is 0 Å². The lowest BCUT2D eigenvalue weighted by Gasteiger charge is -2.34. The maximum absolute atomic E-state index is 12.1. The van der Waals surface area contributed by atoms with Crippen LogP contribution >= 0.6 is 0 Å². The molecule has 1 fully saturated rings. The van der Waals surface area contributed by atoms with Crippen molar-refractivity contribution in [2.75, 3.05) is 50.8 Å². The van der Waals surface area contributed by atoms with Crippen LogP contribution in [0.25, 0.3) is 0 Å². The summed E-state index contributed by atoms with van der Waals surface area (Å²) < 4.78 is 5.35. The lowest BCUT2D eigenvalue weighted by Crippen LogP contribution is -2.46. The summed E-state index contributed by atoms with van der Waals surface area (Å²) in [5, 5.41) is 5.76. The van der Waals surface area contributed by atoms with Gasteiger partial charge in [0.1, 0.15) is 18.2 Å². The fourth-order valence-corrected chi connectivity index (χ4v) is 3.44. The van der Waals surface area contributed by atoms with Gasteiger partial charge in [0.15, 0.2) is 0 Å². The van der Waals surface area contributed by atoms with Crippen LogP contribution in [0.15, 0.2) is 42.6 Å². The first-order valence-electron chi connectivity index (χ1n) is 10.8. The fourth-order valence-electron chi connectivity index (χ4n) is 3.44. The van der Waals surface area contributed by atoms with Crippen LogP contribution < -0.4 is 20.3 Å². The van der Waals surface area contributed by atoms with Gasteiger partial charge in [0.2, 0.25) is 0 Å². The molecule has 2 heterocycles. The molecule has 1 aromatic carbocycles. The fraction of sp³-hybridized carbons (Fsp3) is 0.417. The van der Waals surface area contributed by atoms with Crippen molar-refractivity contribution in [3.05, 3.63) is 53.7 Å². The summed E-state index contributed by atoms with van der Waals surface area (Å²) in [5.41, 5.74) is 2.10. The minimum Gasteiger partial charge on any atom is -0.481 e. The van der Waals surface area contributed by atoms with Crippen LogP contribution in [0.5, 0.6) is 5.75 Å². The zero-order valence-electron chi connectivity index (χ0n) is 18.1. The molecule has 31 heavy (non-hydrogen) atoms. The maximum Gasteiger partial charge on any atom is 0.315 e. The number of hydrogen-bond donors (Lipinski definition) is 2. The quantitative estimate of drug-likeness (QED) is 0.608. The number of nitrogens with one attached hydrogen (secondary N) is 2. The molecule has 2 amide bonds. The van der Waals surface area contributed by atoms with Gasteiger partial charge in [-0.1, -0.05) is 31.0 Å². The van der Waals surface area contributed by atoms with Gasteiger partial charge in [0, 0.05) is 45.5 Å². The average Bonchev–Trinajstić information content (AvgIpc) is 2.82. The van der Waals surface area contributed by atoms with Gasteiger partial charge in [-0.05, 0) is 42.3 Å². The molecule has 0 atom stereocenters. The number of ether oxygens (including phenoxy) is 1. The Bertz CT molecular complexity index is 853. The van der Waals surface area contributed by atoms with Crippen LogP contribution in [-0.2, 0) is 13.0 Å². The molecule has 2 aromatic rings. The first-order chi connectivity index (χ1) is 15.2. The summed E-state index contributed by atoms with van der Waals surface area (Å²) in [5.74, 6) is 4.18. The third-order valence-electron chi connectivity index (χ3n) is 5.35. The molecule has 0 unspecified atom stereocenters. The van der Waals surface area contributed by atoms with E-state index in [4.69, 9.17) is 11.2 Å². The van der Waals surface area contributed by atoms with Crippen molar-refractivity contribution in [2.45, 2.75) is 19.9 Å². The van der Waals surface area contributed by atoms with Crippen LogP contribution in [0.4, 0.5) is 10.6 Å². The normalized spacial score (nSPS) is 14.0. The van der Waals surface area contributed by atoms with E-state index in [-0.39, 0.29) is 12.6 Å². The van der Waals surface area contributed by atoms with Gasteiger partial charge in [-0.2, -0.15) is 0 Å². The number of aromatic nitrogens is 1. The molecule has 1 aliphatic rings. The van der Waals surface area contributed by atoms with Crippen molar-refractivity contribution >= 4 is 11.8 Å². The molecule has 164 valence electrons. The van der Waals surface area contributed by atoms with Gasteiger partial charge in [0.05, 0.1) is 0 Å². The summed E-state index contributed by atoms with van der Waals surface area (Å²) >= 11 is 0. The summed E-state index contributed by atoms with van der Waals surface area (Å²) in [6, 6.07) is 11.6. The number of terminal acetylenes is 1. The van der Waals surface area contributed by atoms with Crippen LogP contribution in [0.1, 0.15) is 18.1 Å². The summed E-state index contributed by atoms with van der Waals surface area (Å²) in [6.45, 7) is 8.71. The highest BCUT2D eigenvalue weighted by molar-refractivity contribution is 5.73. The highest BCUT2D eigenvalue weighted by Crippen LogP contribution is 2.14. The summed E-state index contributed by atoms with van der Waals surface area (Å²) in [4.78, 5) is 21.4. The Balaban J connectivity index is 1.34. The molecule has 0 aliphatic carbocycles. The second-order valence-corrected chi connectivity index (χ2v) is 7.44. The number of hydrogen-bond acceptors (Lipinski definition) is 5. The molecular weight excluding hydrogens is 390 g/mol. The molecule has 1 saturated heterocycles. The van der Waals surface area contributed by atoms with Crippen LogP contribution in [-0.4, -0.2) is 61.8 Å². The van der Waals surface area contributed by atoms with Crippen molar-refractivity contribution in [3.8, 4) is 18.1 Å². The van der Waals surface area contributed by atoms with E-state index >= 15 is 0 Å². The van der Waals surface area contributed by atoms with Gasteiger partial charge in [-0.25, -0.2) is 9.78 Å². The lowest BCUT2D eigenvalue weighted by molar-refractivity contribution is 0.240. The van der Waals surface area contributed by atoms with E-state index in [2.05, 4.69) is 38.3 Å². The first kappa shape index (κ1) is 22.4. The zero-order chi connectivity index (χ0) is 21.9. The lowest BCUT2D eigenvalue weighted by atomic mass is 10.1. The smallest absolute Gasteiger partial charge is 0.315 e. The van der Waals surface area contributed by atoms with Crippen molar-refractivity contribution in [3.63, 3.8) is 0 Å². The maximum atomic E-state index is 12.1. The second kappa shape index (κ2) is 11.8. The van der Waals surface area contributed by atoms with E-state index in [1.807, 2.05) is 42.6 Å². The van der Waals surface area contributed by atoms with E-state index in [9.17, 15) is 4.79 Å². The zero-order valence-corrected chi connectivity index (χ0v) is 18.1. The highest BCUT2D eigenvalue weighted by atomic mass is 16.5. The first-order valence-corrected chi connectivity index (χ1v) is 10.8. The van der Waals surface area contributed by atoms with Gasteiger partial charge in [-0.15, -0.1) is 6.42 Å². The molecule has 0 saturated carbocycles. The minimum atomic E-state index is -0.186. The third kappa shape index (κ3) is 7.19. The molecule has 0 spiro atoms. The van der Waals surface area contributed by atoms with Gasteiger partial charge >= 0.3 is 6.03 Å². The molecule has 0 radical (unpaired) electrons. The number of anilines is 1. The minimum absolute atomic E-state index is 0.186. The van der Waals surface area contributed by atoms with E-state index in [0.29, 0.717) is 13.1 Å². The van der Waals surface area contributed by atoms with Crippen molar-refractivity contribution in [1.82, 2.24) is 20.5 Å². The number of pyridine rings is 1. The summed E-state index contributed by atoms with van der Waals surface area (Å²) in [7, 11) is 0.